The average Bonchev–Trinajstić information content (AvgIpc) is 2.71. The van der Waals surface area contributed by atoms with Crippen LogP contribution in [0.5, 0.6) is 0 Å². The van der Waals surface area contributed by atoms with Gasteiger partial charge in [-0.15, -0.1) is 0 Å². The van der Waals surface area contributed by atoms with Crippen LogP contribution in [0.25, 0.3) is 0 Å². The van der Waals surface area contributed by atoms with E-state index in [1.54, 1.807) is 12.1 Å². The maximum atomic E-state index is 12.3. The lowest BCUT2D eigenvalue weighted by Crippen LogP contribution is -2.51. The lowest BCUT2D eigenvalue weighted by atomic mass is 10.1. The molecule has 14 heteroatoms. The third-order valence-corrected chi connectivity index (χ3v) is 10.8. The van der Waals surface area contributed by atoms with Crippen LogP contribution in [0, 0.1) is 0 Å². The highest BCUT2D eigenvalue weighted by atomic mass is 32.3. The molecule has 27 heavy (non-hydrogen) atoms. The van der Waals surface area contributed by atoms with E-state index < -0.39 is 52.2 Å². The Kier molecular flexibility index (Phi) is 5.58. The zero-order chi connectivity index (χ0) is 21.0. The highest BCUT2D eigenvalue weighted by molar-refractivity contribution is 8.04. The molecule has 1 aliphatic rings. The fourth-order valence-corrected chi connectivity index (χ4v) is 10.0. The molecule has 1 aromatic carbocycles. The molecule has 0 radical (unpaired) electrons. The van der Waals surface area contributed by atoms with Crippen molar-refractivity contribution in [1.29, 1.82) is 0 Å². The minimum Gasteiger partial charge on any atom is -0.212 e. The van der Waals surface area contributed by atoms with Gasteiger partial charge in [0, 0.05) is 0 Å². The highest BCUT2D eigenvalue weighted by Gasteiger charge is 2.51. The number of fused-ring (bicyclic) bond motifs is 1. The summed E-state index contributed by atoms with van der Waals surface area (Å²) in [6.45, 7) is 0. The van der Waals surface area contributed by atoms with E-state index in [9.17, 15) is 33.7 Å². The van der Waals surface area contributed by atoms with Gasteiger partial charge >= 0.3 is 0 Å². The standard InChI is InChI=1S/C13H20N2O8S4/c1-24(16,17)14(25(2,18)19)12-9-10-7-5-6-8-11(10)13(12)15(26(3,20)21)27(4,22)23/h5-8,12-13H,9H2,1-4H3/t12-,13-/m0/s1. The van der Waals surface area contributed by atoms with E-state index in [4.69, 9.17) is 0 Å². The monoisotopic (exact) mass is 460 g/mol. The smallest absolute Gasteiger partial charge is 0.212 e. The van der Waals surface area contributed by atoms with E-state index in [1.165, 1.54) is 12.1 Å². The molecule has 0 aromatic heterocycles. The van der Waals surface area contributed by atoms with Crippen LogP contribution in [0.1, 0.15) is 17.2 Å². The predicted octanol–water partition coefficient (Wildman–Crippen LogP) is -0.905. The Morgan fingerprint density at radius 2 is 1.11 bits per heavy atom. The third-order valence-electron chi connectivity index (χ3n) is 3.97. The number of sulfonamides is 4. The van der Waals surface area contributed by atoms with Gasteiger partial charge in [-0.05, 0) is 17.5 Å². The van der Waals surface area contributed by atoms with E-state index in [-0.39, 0.29) is 19.4 Å². The molecule has 10 nitrogen and oxygen atoms in total. The Morgan fingerprint density at radius 1 is 0.704 bits per heavy atom. The first-order chi connectivity index (χ1) is 12.0. The molecule has 0 heterocycles. The maximum absolute atomic E-state index is 12.3. The van der Waals surface area contributed by atoms with Gasteiger partial charge < -0.3 is 0 Å². The van der Waals surface area contributed by atoms with Crippen LogP contribution >= 0.6 is 0 Å². The fourth-order valence-electron chi connectivity index (χ4n) is 3.39. The largest absolute Gasteiger partial charge is 0.224 e. The summed E-state index contributed by atoms with van der Waals surface area (Å²) in [5.41, 5.74) is 0.692. The molecular weight excluding hydrogens is 440 g/mol. The molecule has 0 fully saturated rings. The molecule has 1 aliphatic carbocycles. The van der Waals surface area contributed by atoms with E-state index in [0.717, 1.165) is 0 Å². The van der Waals surface area contributed by atoms with Gasteiger partial charge in [0.1, 0.15) is 0 Å². The van der Waals surface area contributed by atoms with Crippen molar-refractivity contribution in [2.24, 2.45) is 0 Å². The van der Waals surface area contributed by atoms with Crippen molar-refractivity contribution in [2.45, 2.75) is 18.5 Å². The van der Waals surface area contributed by atoms with Crippen LogP contribution in [0.3, 0.4) is 0 Å². The van der Waals surface area contributed by atoms with Gasteiger partial charge in [-0.1, -0.05) is 31.7 Å². The van der Waals surface area contributed by atoms with Crippen LogP contribution in [-0.4, -0.2) is 72.2 Å². The van der Waals surface area contributed by atoms with Crippen LogP contribution < -0.4 is 0 Å². The van der Waals surface area contributed by atoms with Crippen molar-refractivity contribution >= 4 is 40.1 Å². The van der Waals surface area contributed by atoms with Gasteiger partial charge in [-0.25, -0.2) is 33.7 Å². The normalized spacial score (nSPS) is 21.6. The van der Waals surface area contributed by atoms with Gasteiger partial charge in [-0.3, -0.25) is 0 Å². The van der Waals surface area contributed by atoms with Crippen molar-refractivity contribution in [1.82, 2.24) is 7.42 Å². The Balaban J connectivity index is 2.87. The predicted molar refractivity (Wildman–Crippen MR) is 99.7 cm³/mol. The van der Waals surface area contributed by atoms with Crippen LogP contribution in [0.15, 0.2) is 24.3 Å². The second-order valence-corrected chi connectivity index (χ2v) is 14.3. The van der Waals surface area contributed by atoms with Crippen molar-refractivity contribution in [2.75, 3.05) is 25.0 Å². The molecule has 154 valence electrons. The number of rotatable bonds is 6. The molecule has 0 amide bonds. The van der Waals surface area contributed by atoms with E-state index in [2.05, 4.69) is 0 Å². The lowest BCUT2D eigenvalue weighted by molar-refractivity contribution is 0.319. The highest BCUT2D eigenvalue weighted by Crippen LogP contribution is 2.42. The van der Waals surface area contributed by atoms with Gasteiger partial charge in [0.25, 0.3) is 0 Å². The summed E-state index contributed by atoms with van der Waals surface area (Å²) in [5, 5.41) is 0. The summed E-state index contributed by atoms with van der Waals surface area (Å²) in [7, 11) is -17.5. The van der Waals surface area contributed by atoms with Crippen molar-refractivity contribution < 1.29 is 33.7 Å². The first-order valence-electron chi connectivity index (χ1n) is 7.42. The fraction of sp³-hybridized carbons (Fsp3) is 0.538. The van der Waals surface area contributed by atoms with Crippen molar-refractivity contribution in [3.8, 4) is 0 Å². The van der Waals surface area contributed by atoms with Crippen molar-refractivity contribution in [3.63, 3.8) is 0 Å². The van der Waals surface area contributed by atoms with Crippen LogP contribution in [0.4, 0.5) is 0 Å². The van der Waals surface area contributed by atoms with E-state index in [1.807, 2.05) is 0 Å². The summed E-state index contributed by atoms with van der Waals surface area (Å²) >= 11 is 0. The molecule has 0 N–H and O–H groups in total. The number of hydrogen-bond acceptors (Lipinski definition) is 8. The summed E-state index contributed by atoms with van der Waals surface area (Å²) in [4.78, 5) is 0. The van der Waals surface area contributed by atoms with E-state index in [0.29, 0.717) is 30.6 Å². The number of benzene rings is 1. The van der Waals surface area contributed by atoms with E-state index >= 15 is 0 Å². The molecule has 0 unspecified atom stereocenters. The van der Waals surface area contributed by atoms with Crippen LogP contribution in [0.2, 0.25) is 0 Å². The second kappa shape index (κ2) is 6.77. The summed E-state index contributed by atoms with van der Waals surface area (Å²) in [6.07, 6.45) is 2.50. The molecule has 0 saturated heterocycles. The Labute approximate surface area is 160 Å². The SMILES string of the molecule is CS(=O)(=O)N([C@H]1Cc2ccccc2[C@@H]1N(S(C)(=O)=O)S(C)(=O)=O)S(C)(=O)=O. The topological polar surface area (TPSA) is 143 Å². The zero-order valence-corrected chi connectivity index (χ0v) is 18.2. The summed E-state index contributed by atoms with van der Waals surface area (Å²) < 4.78 is 98.3. The molecule has 1 aromatic rings. The quantitative estimate of drug-likeness (QED) is 0.531. The molecule has 0 saturated carbocycles. The second-order valence-electron chi connectivity index (χ2n) is 6.42. The molecular formula is C13H20N2O8S4. The van der Waals surface area contributed by atoms with Crippen LogP contribution in [-0.2, 0) is 46.5 Å². The number of nitrogens with zero attached hydrogens (tertiary/aromatic N) is 2. The lowest BCUT2D eigenvalue weighted by Gasteiger charge is -2.34. The summed E-state index contributed by atoms with van der Waals surface area (Å²) in [6, 6.07) is 3.13. The Hall–Kier alpha value is -1.06. The minimum atomic E-state index is -4.38. The molecule has 2 rings (SSSR count). The average molecular weight is 461 g/mol. The first kappa shape index (κ1) is 22.2. The van der Waals surface area contributed by atoms with Gasteiger partial charge in [-0.2, -0.15) is 0 Å². The van der Waals surface area contributed by atoms with Gasteiger partial charge in [0.2, 0.25) is 40.1 Å². The number of hydrogen-bond donors (Lipinski definition) is 0. The zero-order valence-electron chi connectivity index (χ0n) is 15.0. The van der Waals surface area contributed by atoms with Gasteiger partial charge in [0.15, 0.2) is 0 Å². The summed E-state index contributed by atoms with van der Waals surface area (Å²) in [5.74, 6) is 0. The van der Waals surface area contributed by atoms with Crippen molar-refractivity contribution in [3.05, 3.63) is 35.4 Å². The minimum absolute atomic E-state index is 0.164. The molecule has 0 bridgehead atoms. The molecule has 0 spiro atoms. The Bertz CT molecular complexity index is 1110. The van der Waals surface area contributed by atoms with Gasteiger partial charge in [0.05, 0.1) is 37.1 Å². The third kappa shape index (κ3) is 4.51. The molecule has 0 aliphatic heterocycles. The maximum Gasteiger partial charge on any atom is 0.224 e. The first-order valence-corrected chi connectivity index (χ1v) is 14.8. The molecule has 2 atom stereocenters. The Morgan fingerprint density at radius 3 is 1.52 bits per heavy atom.